The molecule has 3 aromatic rings. The molecule has 2 N–H and O–H groups in total. The minimum atomic E-state index is -0.598. The summed E-state index contributed by atoms with van der Waals surface area (Å²) in [5, 5.41) is 16.3. The Morgan fingerprint density at radius 1 is 1.03 bits per heavy atom. The van der Waals surface area contributed by atoms with Crippen LogP contribution in [-0.4, -0.2) is 63.7 Å². The molecule has 0 saturated carbocycles. The number of fused-ring (bicyclic) bond motifs is 3. The molecule has 1 aliphatic carbocycles. The van der Waals surface area contributed by atoms with Gasteiger partial charge in [0.05, 0.1) is 18.3 Å². The summed E-state index contributed by atoms with van der Waals surface area (Å²) < 4.78 is 1.65. The Hall–Kier alpha value is -3.56. The molecule has 5 rings (SSSR count). The maximum atomic E-state index is 13.9. The van der Waals surface area contributed by atoms with E-state index in [9.17, 15) is 19.5 Å². The number of rotatable bonds is 8. The molecule has 1 atom stereocenters. The maximum Gasteiger partial charge on any atom is 0.278 e. The summed E-state index contributed by atoms with van der Waals surface area (Å²) in [4.78, 5) is 40.5. The molecule has 1 aromatic heterocycles. The van der Waals surface area contributed by atoms with Crippen LogP contribution in [0.15, 0.2) is 65.6 Å². The number of nitrogens with zero attached hydrogens (tertiary/aromatic N) is 3. The van der Waals surface area contributed by atoms with Crippen LogP contribution in [0.5, 0.6) is 5.75 Å². The van der Waals surface area contributed by atoms with E-state index in [0.29, 0.717) is 12.3 Å². The van der Waals surface area contributed by atoms with Crippen molar-refractivity contribution in [2.24, 2.45) is 0 Å². The fraction of sp³-hybridized carbons (Fsp3) is 0.367. The zero-order chi connectivity index (χ0) is 27.7. The van der Waals surface area contributed by atoms with Crippen molar-refractivity contribution >= 4 is 23.5 Å². The molecule has 8 nitrogen and oxygen atoms in total. The molecule has 1 aliphatic heterocycles. The maximum absolute atomic E-state index is 13.9. The smallest absolute Gasteiger partial charge is 0.278 e. The second-order valence-electron chi connectivity index (χ2n) is 10.3. The van der Waals surface area contributed by atoms with Gasteiger partial charge in [0.25, 0.3) is 5.91 Å². The van der Waals surface area contributed by atoms with E-state index in [1.165, 1.54) is 29.0 Å². The van der Waals surface area contributed by atoms with Crippen LogP contribution in [0.3, 0.4) is 0 Å². The highest BCUT2D eigenvalue weighted by Gasteiger charge is 2.45. The Labute approximate surface area is 232 Å². The van der Waals surface area contributed by atoms with Crippen LogP contribution in [0.25, 0.3) is 0 Å². The van der Waals surface area contributed by atoms with Gasteiger partial charge >= 0.3 is 0 Å². The third-order valence-electron chi connectivity index (χ3n) is 7.50. The summed E-state index contributed by atoms with van der Waals surface area (Å²) in [5.41, 5.74) is 3.98. The molecule has 0 spiro atoms. The molecule has 0 saturated heterocycles. The molecule has 9 heteroatoms. The van der Waals surface area contributed by atoms with Gasteiger partial charge in [0.2, 0.25) is 5.43 Å². The number of ketones is 1. The third-order valence-corrected chi connectivity index (χ3v) is 8.12. The standard InChI is InChI=1S/C30H34N4O4S/c1-19(2)33-26(17-31-16-22(35)18-39-3)34(32-15-14-25(36)29(37)28(32)30(33)38)27-23-10-6-4-8-20(23)12-13-21-9-5-7-11-24(21)27/h4-11,14-15,19,26-27,31,37H,12-13,16-18H2,1-3H3. The van der Waals surface area contributed by atoms with Crippen molar-refractivity contribution in [3.63, 3.8) is 0 Å². The van der Waals surface area contributed by atoms with E-state index in [0.717, 1.165) is 24.0 Å². The molecule has 0 radical (unpaired) electrons. The van der Waals surface area contributed by atoms with Gasteiger partial charge in [-0.3, -0.25) is 24.1 Å². The van der Waals surface area contributed by atoms with Crippen LogP contribution >= 0.6 is 11.8 Å². The Morgan fingerprint density at radius 3 is 2.23 bits per heavy atom. The number of hydrogen-bond acceptors (Lipinski definition) is 7. The minimum absolute atomic E-state index is 0.0508. The topological polar surface area (TPSA) is 94.9 Å². The van der Waals surface area contributed by atoms with Crippen LogP contribution in [0, 0.1) is 0 Å². The fourth-order valence-corrected chi connectivity index (χ4v) is 6.26. The molecule has 2 heterocycles. The van der Waals surface area contributed by atoms with Gasteiger partial charge in [-0.2, -0.15) is 11.8 Å². The Balaban J connectivity index is 1.74. The lowest BCUT2D eigenvalue weighted by molar-refractivity contribution is -0.115. The van der Waals surface area contributed by atoms with Gasteiger partial charge in [0.1, 0.15) is 6.17 Å². The van der Waals surface area contributed by atoms with Crippen LogP contribution in [-0.2, 0) is 17.6 Å². The van der Waals surface area contributed by atoms with Gasteiger partial charge in [-0.05, 0) is 55.2 Å². The Kier molecular flexibility index (Phi) is 7.81. The first-order valence-electron chi connectivity index (χ1n) is 13.3. The largest absolute Gasteiger partial charge is 0.502 e. The average molecular weight is 547 g/mol. The summed E-state index contributed by atoms with van der Waals surface area (Å²) in [6, 6.07) is 17.4. The molecule has 1 unspecified atom stereocenters. The number of aryl methyl sites for hydroxylation is 2. The third kappa shape index (κ3) is 4.96. The van der Waals surface area contributed by atoms with Crippen molar-refractivity contribution < 1.29 is 14.7 Å². The second kappa shape index (κ2) is 11.3. The first-order chi connectivity index (χ1) is 18.8. The first-order valence-corrected chi connectivity index (χ1v) is 14.7. The van der Waals surface area contributed by atoms with Crippen LogP contribution < -0.4 is 15.8 Å². The normalized spacial score (nSPS) is 17.0. The van der Waals surface area contributed by atoms with Gasteiger partial charge in [-0.25, -0.2) is 0 Å². The summed E-state index contributed by atoms with van der Waals surface area (Å²) in [6.45, 7) is 4.35. The van der Waals surface area contributed by atoms with Crippen molar-refractivity contribution in [2.75, 3.05) is 30.1 Å². The number of amides is 1. The van der Waals surface area contributed by atoms with E-state index >= 15 is 0 Å². The van der Waals surface area contributed by atoms with Crippen molar-refractivity contribution in [1.29, 1.82) is 0 Å². The number of pyridine rings is 1. The van der Waals surface area contributed by atoms with Gasteiger partial charge < -0.3 is 15.3 Å². The Bertz CT molecular complexity index is 1410. The van der Waals surface area contributed by atoms with Crippen molar-refractivity contribution in [1.82, 2.24) is 14.9 Å². The summed E-state index contributed by atoms with van der Waals surface area (Å²) in [7, 11) is 0. The van der Waals surface area contributed by atoms with Crippen LogP contribution in [0.4, 0.5) is 0 Å². The van der Waals surface area contributed by atoms with Crippen molar-refractivity contribution in [2.45, 2.75) is 44.9 Å². The molecular weight excluding hydrogens is 512 g/mol. The predicted octanol–water partition coefficient (Wildman–Crippen LogP) is 3.09. The molecule has 2 aliphatic rings. The van der Waals surface area contributed by atoms with Gasteiger partial charge in [-0.15, -0.1) is 0 Å². The lowest BCUT2D eigenvalue weighted by atomic mass is 9.93. The van der Waals surface area contributed by atoms with Gasteiger partial charge in [0.15, 0.2) is 17.2 Å². The minimum Gasteiger partial charge on any atom is -0.502 e. The van der Waals surface area contributed by atoms with E-state index in [2.05, 4.69) is 34.6 Å². The molecule has 204 valence electrons. The highest BCUT2D eigenvalue weighted by Crippen LogP contribution is 2.40. The second-order valence-corrected chi connectivity index (χ2v) is 11.2. The molecule has 1 amide bonds. The fourth-order valence-electron chi connectivity index (χ4n) is 5.84. The lowest BCUT2D eigenvalue weighted by Gasteiger charge is -2.51. The van der Waals surface area contributed by atoms with E-state index in [-0.39, 0.29) is 30.1 Å². The number of carbonyl (C=O) groups is 2. The number of carbonyl (C=O) groups excluding carboxylic acids is 2. The van der Waals surface area contributed by atoms with E-state index in [1.54, 1.807) is 15.8 Å². The van der Waals surface area contributed by atoms with Crippen LogP contribution in [0.1, 0.15) is 52.6 Å². The average Bonchev–Trinajstić information content (AvgIpc) is 3.08. The van der Waals surface area contributed by atoms with Crippen molar-refractivity contribution in [3.05, 3.63) is 99.0 Å². The number of nitrogens with one attached hydrogen (secondary N) is 1. The zero-order valence-corrected chi connectivity index (χ0v) is 23.3. The van der Waals surface area contributed by atoms with E-state index in [4.69, 9.17) is 0 Å². The van der Waals surface area contributed by atoms with Gasteiger partial charge in [-0.1, -0.05) is 48.5 Å². The SMILES string of the molecule is CSCC(=O)CNCC1N(C(C)C)C(=O)c2c(O)c(=O)ccn2N1C1c2ccccc2CCc2ccccc21. The highest BCUT2D eigenvalue weighted by molar-refractivity contribution is 7.99. The Morgan fingerprint density at radius 2 is 1.64 bits per heavy atom. The molecule has 0 bridgehead atoms. The van der Waals surface area contributed by atoms with Gasteiger partial charge in [0, 0.05) is 24.8 Å². The van der Waals surface area contributed by atoms with E-state index in [1.807, 2.05) is 44.4 Å². The molecule has 2 aromatic carbocycles. The van der Waals surface area contributed by atoms with Crippen LogP contribution in [0.2, 0.25) is 0 Å². The number of Topliss-reactive ketones (excluding diaryl/α,β-unsaturated/α-hetero) is 1. The predicted molar refractivity (Wildman–Crippen MR) is 154 cm³/mol. The molecule has 0 fully saturated rings. The lowest BCUT2D eigenvalue weighted by Crippen LogP contribution is -2.66. The monoisotopic (exact) mass is 546 g/mol. The number of thioether (sulfide) groups is 1. The molecular formula is C30H34N4O4S. The highest BCUT2D eigenvalue weighted by atomic mass is 32.2. The summed E-state index contributed by atoms with van der Waals surface area (Å²) >= 11 is 1.48. The summed E-state index contributed by atoms with van der Waals surface area (Å²) in [5.74, 6) is -0.488. The quantitative estimate of drug-likeness (QED) is 0.448. The number of aromatic nitrogens is 1. The summed E-state index contributed by atoms with van der Waals surface area (Å²) in [6.07, 6.45) is 4.70. The number of benzene rings is 2. The zero-order valence-electron chi connectivity index (χ0n) is 22.5. The molecule has 39 heavy (non-hydrogen) atoms. The van der Waals surface area contributed by atoms with Crippen molar-refractivity contribution in [3.8, 4) is 5.75 Å². The number of aromatic hydroxyl groups is 1. The van der Waals surface area contributed by atoms with E-state index < -0.39 is 23.3 Å². The number of hydrogen-bond donors (Lipinski definition) is 2. The first kappa shape index (κ1) is 27.0.